The van der Waals surface area contributed by atoms with Crippen molar-refractivity contribution in [3.63, 3.8) is 0 Å². The average molecular weight is 426 g/mol. The molecule has 3 N–H and O–H groups in total. The lowest BCUT2D eigenvalue weighted by atomic mass is 10.1. The summed E-state index contributed by atoms with van der Waals surface area (Å²) in [5, 5.41) is 11.2. The molecule has 5 rings (SSSR count). The number of hydrogen-bond donors (Lipinski definition) is 3. The van der Waals surface area contributed by atoms with Crippen LogP contribution in [0.25, 0.3) is 10.9 Å². The van der Waals surface area contributed by atoms with Crippen LogP contribution in [-0.4, -0.2) is 50.7 Å². The third kappa shape index (κ3) is 3.41. The molecule has 1 fully saturated rings. The monoisotopic (exact) mass is 425 g/mol. The summed E-state index contributed by atoms with van der Waals surface area (Å²) in [6.45, 7) is 4.60. The second kappa shape index (κ2) is 7.42. The van der Waals surface area contributed by atoms with Crippen LogP contribution in [0.3, 0.4) is 0 Å². The zero-order chi connectivity index (χ0) is 20.9. The largest absolute Gasteiger partial charge is 0.391 e. The minimum absolute atomic E-state index is 0.287. The highest BCUT2D eigenvalue weighted by Crippen LogP contribution is 2.51. The van der Waals surface area contributed by atoms with Crippen LogP contribution < -0.4 is 9.80 Å². The van der Waals surface area contributed by atoms with E-state index in [1.165, 1.54) is 0 Å². The fraction of sp³-hybridized carbons (Fsp3) is 0.348. The average Bonchev–Trinajstić information content (AvgIpc) is 3.11. The van der Waals surface area contributed by atoms with Crippen molar-refractivity contribution in [3.8, 4) is 0 Å². The van der Waals surface area contributed by atoms with Gasteiger partial charge in [0.15, 0.2) is 0 Å². The summed E-state index contributed by atoms with van der Waals surface area (Å²) in [6, 6.07) is 15.9. The molecule has 1 aromatic heterocycles. The second-order valence-corrected chi connectivity index (χ2v) is 10.4. The Morgan fingerprint density at radius 1 is 1.03 bits per heavy atom. The van der Waals surface area contributed by atoms with E-state index in [1.807, 2.05) is 30.3 Å². The number of anilines is 2. The van der Waals surface area contributed by atoms with Crippen molar-refractivity contribution >= 4 is 33.0 Å². The van der Waals surface area contributed by atoms with Crippen molar-refractivity contribution in [3.05, 3.63) is 59.7 Å². The first kappa shape index (κ1) is 19.6. The summed E-state index contributed by atoms with van der Waals surface area (Å²) < 4.78 is 21.4. The zero-order valence-corrected chi connectivity index (χ0v) is 17.8. The van der Waals surface area contributed by atoms with Crippen molar-refractivity contribution in [2.75, 3.05) is 35.2 Å². The maximum atomic E-state index is 10.7. The Bertz CT molecular complexity index is 1100. The lowest BCUT2D eigenvalue weighted by molar-refractivity contribution is 0.198. The summed E-state index contributed by atoms with van der Waals surface area (Å²) in [6.07, 6.45) is 0.461. The van der Waals surface area contributed by atoms with Crippen LogP contribution in [0, 0.1) is 6.92 Å². The number of aliphatic hydroxyl groups excluding tert-OH is 1. The number of hydrogen-bond acceptors (Lipinski definition) is 6. The number of para-hydroxylation sites is 1. The standard InChI is InChI=1S/C23H27N3O3S/c1-16-5-4-7-19-20(25-10-9-18(27)15-25)13-22(24-23(16)19)26-11-12-30(28,29)21-8-3-2-6-17(21)14-26/h2-8,13,18,27-29H,9-12,14-15H2,1H3/t18-/m1/s1. The highest BCUT2D eigenvalue weighted by atomic mass is 32.3. The lowest BCUT2D eigenvalue weighted by Gasteiger charge is -2.32. The molecule has 3 aromatic rings. The number of fused-ring (bicyclic) bond motifs is 2. The smallest absolute Gasteiger partial charge is 0.131 e. The molecule has 0 bridgehead atoms. The summed E-state index contributed by atoms with van der Waals surface area (Å²) in [5.41, 5.74) is 4.07. The zero-order valence-electron chi connectivity index (χ0n) is 17.0. The van der Waals surface area contributed by atoms with E-state index in [9.17, 15) is 14.2 Å². The maximum absolute atomic E-state index is 10.7. The number of nitrogens with zero attached hydrogens (tertiary/aromatic N) is 3. The fourth-order valence-electron chi connectivity index (χ4n) is 4.53. The molecule has 2 aromatic carbocycles. The van der Waals surface area contributed by atoms with Gasteiger partial charge in [-0.05, 0) is 30.5 Å². The molecule has 30 heavy (non-hydrogen) atoms. The molecule has 1 saturated heterocycles. The third-order valence-corrected chi connectivity index (χ3v) is 8.02. The molecule has 0 radical (unpaired) electrons. The molecule has 0 unspecified atom stereocenters. The van der Waals surface area contributed by atoms with Gasteiger partial charge in [-0.3, -0.25) is 9.11 Å². The molecule has 0 amide bonds. The molecule has 158 valence electrons. The molecule has 0 saturated carbocycles. The molecule has 0 aliphatic carbocycles. The number of β-amino-alcohol motifs (C(OH)–C–C–N with tert-alkyl or cyclic N) is 1. The number of rotatable bonds is 2. The van der Waals surface area contributed by atoms with Crippen molar-refractivity contribution < 1.29 is 14.2 Å². The van der Waals surface area contributed by atoms with Crippen LogP contribution >= 0.6 is 10.6 Å². The Balaban J connectivity index is 1.62. The van der Waals surface area contributed by atoms with E-state index in [0.29, 0.717) is 24.5 Å². The second-order valence-electron chi connectivity index (χ2n) is 8.26. The van der Waals surface area contributed by atoms with Gasteiger partial charge in [-0.15, -0.1) is 0 Å². The van der Waals surface area contributed by atoms with Gasteiger partial charge < -0.3 is 14.9 Å². The van der Waals surface area contributed by atoms with E-state index >= 15 is 0 Å². The van der Waals surface area contributed by atoms with Crippen molar-refractivity contribution in [1.82, 2.24) is 4.98 Å². The quantitative estimate of drug-likeness (QED) is 0.570. The summed E-state index contributed by atoms with van der Waals surface area (Å²) in [7, 11) is -2.82. The van der Waals surface area contributed by atoms with Crippen LogP contribution in [0.15, 0.2) is 53.4 Å². The van der Waals surface area contributed by atoms with Gasteiger partial charge in [-0.25, -0.2) is 4.98 Å². The van der Waals surface area contributed by atoms with Crippen LogP contribution in [0.5, 0.6) is 0 Å². The van der Waals surface area contributed by atoms with E-state index in [1.54, 1.807) is 0 Å². The van der Waals surface area contributed by atoms with Gasteiger partial charge in [-0.1, -0.05) is 36.4 Å². The van der Waals surface area contributed by atoms with Crippen LogP contribution in [0.1, 0.15) is 17.5 Å². The Morgan fingerprint density at radius 2 is 1.87 bits per heavy atom. The minimum Gasteiger partial charge on any atom is -0.391 e. The minimum atomic E-state index is -2.82. The maximum Gasteiger partial charge on any atom is 0.131 e. The highest BCUT2D eigenvalue weighted by molar-refractivity contribution is 8.24. The van der Waals surface area contributed by atoms with Crippen molar-refractivity contribution in [1.29, 1.82) is 0 Å². The molecule has 2 aliphatic rings. The Labute approximate surface area is 178 Å². The predicted octanol–water partition coefficient (Wildman–Crippen LogP) is 4.24. The van der Waals surface area contributed by atoms with Gasteiger partial charge in [0, 0.05) is 43.3 Å². The lowest BCUT2D eigenvalue weighted by Crippen LogP contribution is -2.27. The Morgan fingerprint density at radius 3 is 2.67 bits per heavy atom. The molecule has 7 heteroatoms. The summed E-state index contributed by atoms with van der Waals surface area (Å²) >= 11 is 0. The fourth-order valence-corrected chi connectivity index (χ4v) is 6.07. The molecule has 0 spiro atoms. The first-order valence-electron chi connectivity index (χ1n) is 10.3. The first-order chi connectivity index (χ1) is 14.4. The van der Waals surface area contributed by atoms with E-state index in [0.717, 1.165) is 46.5 Å². The van der Waals surface area contributed by atoms with Crippen LogP contribution in [-0.2, 0) is 6.54 Å². The van der Waals surface area contributed by atoms with Crippen LogP contribution in [0.2, 0.25) is 0 Å². The van der Waals surface area contributed by atoms with Crippen LogP contribution in [0.4, 0.5) is 11.5 Å². The topological polar surface area (TPSA) is 80.1 Å². The van der Waals surface area contributed by atoms with Gasteiger partial charge in [0.05, 0.1) is 22.3 Å². The summed E-state index contributed by atoms with van der Waals surface area (Å²) in [5.74, 6) is 1.12. The van der Waals surface area contributed by atoms with Crippen molar-refractivity contribution in [2.45, 2.75) is 30.9 Å². The first-order valence-corrected chi connectivity index (χ1v) is 12.1. The number of aliphatic hydroxyl groups is 1. The van der Waals surface area contributed by atoms with Crippen molar-refractivity contribution in [2.24, 2.45) is 0 Å². The van der Waals surface area contributed by atoms with E-state index < -0.39 is 10.6 Å². The van der Waals surface area contributed by atoms with E-state index in [2.05, 4.69) is 34.9 Å². The van der Waals surface area contributed by atoms with Gasteiger partial charge >= 0.3 is 0 Å². The van der Waals surface area contributed by atoms with Gasteiger partial charge in [-0.2, -0.15) is 10.6 Å². The van der Waals surface area contributed by atoms with E-state index in [4.69, 9.17) is 4.98 Å². The highest BCUT2D eigenvalue weighted by Gasteiger charge is 2.28. The predicted molar refractivity (Wildman–Crippen MR) is 123 cm³/mol. The number of benzene rings is 2. The Kier molecular flexibility index (Phi) is 4.86. The molecule has 3 heterocycles. The van der Waals surface area contributed by atoms with Gasteiger partial charge in [0.25, 0.3) is 0 Å². The normalized spacial score (nSPS) is 22.1. The molecule has 6 nitrogen and oxygen atoms in total. The number of aryl methyl sites for hydroxylation is 1. The molecular weight excluding hydrogens is 398 g/mol. The van der Waals surface area contributed by atoms with E-state index in [-0.39, 0.29) is 11.9 Å². The molecule has 2 aliphatic heterocycles. The van der Waals surface area contributed by atoms with Gasteiger partial charge in [0.2, 0.25) is 0 Å². The third-order valence-electron chi connectivity index (χ3n) is 6.17. The number of aromatic nitrogens is 1. The Hall–Kier alpha value is -2.32. The molecule has 1 atom stereocenters. The SMILES string of the molecule is Cc1cccc2c(N3CC[C@@H](O)C3)cc(N3CCS(O)(O)c4ccccc4C3)nc12. The molecular formula is C23H27N3O3S. The number of pyridine rings is 1. The van der Waals surface area contributed by atoms with Gasteiger partial charge in [0.1, 0.15) is 5.82 Å². The summed E-state index contributed by atoms with van der Waals surface area (Å²) in [4.78, 5) is 10.0.